The van der Waals surface area contributed by atoms with Crippen molar-refractivity contribution >= 4 is 45.1 Å². The molecule has 2 aromatic rings. The summed E-state index contributed by atoms with van der Waals surface area (Å²) in [7, 11) is 1.26. The molecule has 2 rings (SSSR count). The SMILES string of the molecule is COC(=O)c1cc(NC(=O)c2ccc(Br)nc2)ccc1Cl. The van der Waals surface area contributed by atoms with Gasteiger partial charge in [-0.25, -0.2) is 9.78 Å². The summed E-state index contributed by atoms with van der Waals surface area (Å²) in [5, 5.41) is 2.92. The van der Waals surface area contributed by atoms with Crippen molar-refractivity contribution in [2.24, 2.45) is 0 Å². The van der Waals surface area contributed by atoms with Crippen LogP contribution in [-0.4, -0.2) is 24.0 Å². The molecular weight excluding hydrogens is 360 g/mol. The van der Waals surface area contributed by atoms with Crippen molar-refractivity contribution in [3.8, 4) is 0 Å². The zero-order valence-corrected chi connectivity index (χ0v) is 13.2. The summed E-state index contributed by atoms with van der Waals surface area (Å²) in [5.41, 5.74) is 1.02. The summed E-state index contributed by atoms with van der Waals surface area (Å²) in [6, 6.07) is 7.86. The van der Waals surface area contributed by atoms with Gasteiger partial charge >= 0.3 is 5.97 Å². The number of hydrogen-bond donors (Lipinski definition) is 1. The Labute approximate surface area is 134 Å². The van der Waals surface area contributed by atoms with E-state index < -0.39 is 5.97 Å². The van der Waals surface area contributed by atoms with Crippen molar-refractivity contribution < 1.29 is 14.3 Å². The van der Waals surface area contributed by atoms with Crippen LogP contribution in [0.15, 0.2) is 41.1 Å². The predicted octanol–water partition coefficient (Wildman–Crippen LogP) is 3.54. The summed E-state index contributed by atoms with van der Waals surface area (Å²) >= 11 is 9.11. The first-order chi connectivity index (χ1) is 10.0. The van der Waals surface area contributed by atoms with Crippen molar-refractivity contribution in [1.29, 1.82) is 0 Å². The monoisotopic (exact) mass is 368 g/mol. The largest absolute Gasteiger partial charge is 0.465 e. The average molecular weight is 370 g/mol. The Morgan fingerprint density at radius 1 is 1.29 bits per heavy atom. The third-order valence-corrected chi connectivity index (χ3v) is 3.42. The molecule has 1 amide bonds. The number of hydrogen-bond acceptors (Lipinski definition) is 4. The molecule has 7 heteroatoms. The van der Waals surface area contributed by atoms with Gasteiger partial charge in [-0.1, -0.05) is 11.6 Å². The standard InChI is InChI=1S/C14H10BrClN2O3/c1-21-14(20)10-6-9(3-4-11(10)16)18-13(19)8-2-5-12(15)17-7-8/h2-7H,1H3,(H,18,19). The van der Waals surface area contributed by atoms with E-state index in [-0.39, 0.29) is 16.5 Å². The minimum atomic E-state index is -0.568. The van der Waals surface area contributed by atoms with Gasteiger partial charge in [-0.15, -0.1) is 0 Å². The molecule has 0 aliphatic rings. The first-order valence-electron chi connectivity index (χ1n) is 5.82. The van der Waals surface area contributed by atoms with E-state index in [2.05, 4.69) is 31.0 Å². The van der Waals surface area contributed by atoms with E-state index in [1.54, 1.807) is 18.2 Å². The molecule has 0 fully saturated rings. The van der Waals surface area contributed by atoms with Crippen molar-refractivity contribution in [2.75, 3.05) is 12.4 Å². The molecule has 1 heterocycles. The number of methoxy groups -OCH3 is 1. The predicted molar refractivity (Wildman–Crippen MR) is 82.7 cm³/mol. The number of rotatable bonds is 3. The van der Waals surface area contributed by atoms with E-state index in [0.717, 1.165) is 0 Å². The van der Waals surface area contributed by atoms with E-state index in [9.17, 15) is 9.59 Å². The van der Waals surface area contributed by atoms with E-state index in [1.165, 1.54) is 25.4 Å². The summed E-state index contributed by atoms with van der Waals surface area (Å²) in [6.45, 7) is 0. The number of aromatic nitrogens is 1. The van der Waals surface area contributed by atoms with Crippen LogP contribution >= 0.6 is 27.5 Å². The van der Waals surface area contributed by atoms with Crippen LogP contribution in [0.25, 0.3) is 0 Å². The molecular formula is C14H10BrClN2O3. The molecule has 0 bridgehead atoms. The van der Waals surface area contributed by atoms with Gasteiger partial charge in [0, 0.05) is 11.9 Å². The molecule has 0 saturated carbocycles. The third kappa shape index (κ3) is 3.80. The van der Waals surface area contributed by atoms with Crippen molar-refractivity contribution in [3.63, 3.8) is 0 Å². The van der Waals surface area contributed by atoms with Gasteiger partial charge in [-0.2, -0.15) is 0 Å². The molecule has 0 saturated heterocycles. The van der Waals surface area contributed by atoms with Gasteiger partial charge in [0.15, 0.2) is 0 Å². The van der Waals surface area contributed by atoms with Gasteiger partial charge in [0.1, 0.15) is 4.60 Å². The van der Waals surface area contributed by atoms with Gasteiger partial charge in [-0.05, 0) is 46.3 Å². The summed E-state index contributed by atoms with van der Waals surface area (Å²) in [4.78, 5) is 27.6. The van der Waals surface area contributed by atoms with Crippen molar-refractivity contribution in [2.45, 2.75) is 0 Å². The summed E-state index contributed by atoms with van der Waals surface area (Å²) in [5.74, 6) is -0.908. The number of anilines is 1. The van der Waals surface area contributed by atoms with Gasteiger partial charge in [0.2, 0.25) is 0 Å². The number of amides is 1. The molecule has 0 aliphatic heterocycles. The lowest BCUT2D eigenvalue weighted by atomic mass is 10.2. The zero-order chi connectivity index (χ0) is 15.4. The second kappa shape index (κ2) is 6.69. The maximum atomic E-state index is 12.0. The fourth-order valence-corrected chi connectivity index (χ4v) is 2.01. The molecule has 108 valence electrons. The third-order valence-electron chi connectivity index (χ3n) is 2.62. The molecule has 0 aliphatic carbocycles. The van der Waals surface area contributed by atoms with Crippen LogP contribution in [0.1, 0.15) is 20.7 Å². The minimum absolute atomic E-state index is 0.186. The average Bonchev–Trinajstić information content (AvgIpc) is 2.49. The lowest BCUT2D eigenvalue weighted by Crippen LogP contribution is -2.13. The highest BCUT2D eigenvalue weighted by atomic mass is 79.9. The Kier molecular flexibility index (Phi) is 4.93. The first kappa shape index (κ1) is 15.5. The molecule has 5 nitrogen and oxygen atoms in total. The summed E-state index contributed by atoms with van der Waals surface area (Å²) in [6.07, 6.45) is 1.44. The summed E-state index contributed by atoms with van der Waals surface area (Å²) < 4.78 is 5.26. The number of nitrogens with zero attached hydrogens (tertiary/aromatic N) is 1. The topological polar surface area (TPSA) is 68.3 Å². The number of nitrogens with one attached hydrogen (secondary N) is 1. The Morgan fingerprint density at radius 2 is 2.05 bits per heavy atom. The zero-order valence-electron chi connectivity index (χ0n) is 10.9. The molecule has 0 atom stereocenters. The highest BCUT2D eigenvalue weighted by Gasteiger charge is 2.13. The number of carbonyl (C=O) groups is 2. The highest BCUT2D eigenvalue weighted by molar-refractivity contribution is 9.10. The maximum Gasteiger partial charge on any atom is 0.339 e. The Morgan fingerprint density at radius 3 is 2.67 bits per heavy atom. The van der Waals surface area contributed by atoms with Crippen LogP contribution in [-0.2, 0) is 4.74 Å². The minimum Gasteiger partial charge on any atom is -0.465 e. The Bertz CT molecular complexity index is 689. The Hall–Kier alpha value is -1.92. The molecule has 21 heavy (non-hydrogen) atoms. The number of benzene rings is 1. The van der Waals surface area contributed by atoms with Gasteiger partial charge < -0.3 is 10.1 Å². The second-order valence-corrected chi connectivity index (χ2v) is 5.23. The number of carbonyl (C=O) groups excluding carboxylic acids is 2. The Balaban J connectivity index is 2.21. The van der Waals surface area contributed by atoms with Crippen LogP contribution < -0.4 is 5.32 Å². The van der Waals surface area contributed by atoms with Crippen molar-refractivity contribution in [1.82, 2.24) is 4.98 Å². The molecule has 0 radical (unpaired) electrons. The quantitative estimate of drug-likeness (QED) is 0.664. The van der Waals surface area contributed by atoms with Crippen LogP contribution in [0, 0.1) is 0 Å². The van der Waals surface area contributed by atoms with Crippen molar-refractivity contribution in [3.05, 3.63) is 57.3 Å². The fourth-order valence-electron chi connectivity index (χ4n) is 1.58. The van der Waals surface area contributed by atoms with Crippen LogP contribution in [0.2, 0.25) is 5.02 Å². The second-order valence-electron chi connectivity index (χ2n) is 4.01. The van der Waals surface area contributed by atoms with Gasteiger partial charge in [0.05, 0.1) is 23.3 Å². The molecule has 1 aromatic heterocycles. The van der Waals surface area contributed by atoms with Crippen LogP contribution in [0.3, 0.4) is 0 Å². The smallest absolute Gasteiger partial charge is 0.339 e. The lowest BCUT2D eigenvalue weighted by molar-refractivity contribution is 0.0600. The maximum absolute atomic E-state index is 12.0. The van der Waals surface area contributed by atoms with Gasteiger partial charge in [-0.3, -0.25) is 4.79 Å². The number of halogens is 2. The molecule has 1 aromatic carbocycles. The first-order valence-corrected chi connectivity index (χ1v) is 6.99. The number of esters is 1. The van der Waals surface area contributed by atoms with Gasteiger partial charge in [0.25, 0.3) is 5.91 Å². The lowest BCUT2D eigenvalue weighted by Gasteiger charge is -2.08. The number of pyridine rings is 1. The van der Waals surface area contributed by atoms with E-state index in [4.69, 9.17) is 11.6 Å². The fraction of sp³-hybridized carbons (Fsp3) is 0.0714. The molecule has 0 spiro atoms. The molecule has 0 unspecified atom stereocenters. The van der Waals surface area contributed by atoms with Crippen LogP contribution in [0.4, 0.5) is 5.69 Å². The van der Waals surface area contributed by atoms with E-state index in [1.807, 2.05) is 0 Å². The highest BCUT2D eigenvalue weighted by Crippen LogP contribution is 2.22. The number of ether oxygens (including phenoxy) is 1. The normalized spacial score (nSPS) is 10.0. The van der Waals surface area contributed by atoms with Crippen LogP contribution in [0.5, 0.6) is 0 Å². The van der Waals surface area contributed by atoms with E-state index >= 15 is 0 Å². The molecule has 1 N–H and O–H groups in total. The van der Waals surface area contributed by atoms with E-state index in [0.29, 0.717) is 15.9 Å².